The molecule has 1 saturated heterocycles. The number of halogens is 1. The standard InChI is InChI=1S/C18H20ClN5O/c1-11-7-12(2)10-23(9-11)15-8-20-24(17(25)16(15)19)18-21-13-5-3-4-6-14(13)22-18/h3-6,8,11-12H,7,9-10H2,1-2H3,(H,21,22)/t11-,12-/m0/s1. The van der Waals surface area contributed by atoms with Crippen LogP contribution in [-0.2, 0) is 0 Å². The maximum Gasteiger partial charge on any atom is 0.295 e. The lowest BCUT2D eigenvalue weighted by Crippen LogP contribution is -2.40. The molecule has 1 aliphatic rings. The topological polar surface area (TPSA) is 66.8 Å². The monoisotopic (exact) mass is 357 g/mol. The number of hydrogen-bond acceptors (Lipinski definition) is 4. The van der Waals surface area contributed by atoms with Gasteiger partial charge in [-0.15, -0.1) is 0 Å². The lowest BCUT2D eigenvalue weighted by molar-refractivity contribution is 0.356. The van der Waals surface area contributed by atoms with Crippen molar-refractivity contribution < 1.29 is 0 Å². The number of nitrogens with one attached hydrogen (secondary N) is 1. The number of fused-ring (bicyclic) bond motifs is 1. The highest BCUT2D eigenvalue weighted by atomic mass is 35.5. The van der Waals surface area contributed by atoms with Gasteiger partial charge in [-0.1, -0.05) is 37.6 Å². The fourth-order valence-electron chi connectivity index (χ4n) is 3.69. The van der Waals surface area contributed by atoms with Crippen molar-refractivity contribution in [3.8, 4) is 5.95 Å². The Morgan fingerprint density at radius 3 is 2.64 bits per heavy atom. The number of piperidine rings is 1. The van der Waals surface area contributed by atoms with E-state index in [2.05, 4.69) is 33.8 Å². The molecule has 3 heterocycles. The van der Waals surface area contributed by atoms with Crippen molar-refractivity contribution in [1.82, 2.24) is 19.7 Å². The average molecular weight is 358 g/mol. The summed E-state index contributed by atoms with van der Waals surface area (Å²) in [7, 11) is 0. The smallest absolute Gasteiger partial charge is 0.295 e. The lowest BCUT2D eigenvalue weighted by atomic mass is 9.92. The molecule has 0 amide bonds. The molecule has 7 heteroatoms. The van der Waals surface area contributed by atoms with Crippen molar-refractivity contribution in [3.63, 3.8) is 0 Å². The zero-order chi connectivity index (χ0) is 17.6. The number of rotatable bonds is 2. The van der Waals surface area contributed by atoms with Crippen LogP contribution in [-0.4, -0.2) is 32.8 Å². The zero-order valence-electron chi connectivity index (χ0n) is 14.2. The number of aromatic nitrogens is 4. The second-order valence-electron chi connectivity index (χ2n) is 6.99. The van der Waals surface area contributed by atoms with Crippen LogP contribution in [0.2, 0.25) is 5.02 Å². The summed E-state index contributed by atoms with van der Waals surface area (Å²) in [5.41, 5.74) is 1.98. The van der Waals surface area contributed by atoms with Crippen LogP contribution in [0.5, 0.6) is 0 Å². The van der Waals surface area contributed by atoms with Gasteiger partial charge in [-0.25, -0.2) is 4.98 Å². The number of para-hydroxylation sites is 2. The number of nitrogens with zero attached hydrogens (tertiary/aromatic N) is 4. The van der Waals surface area contributed by atoms with E-state index in [1.165, 1.54) is 11.1 Å². The van der Waals surface area contributed by atoms with Crippen molar-refractivity contribution in [1.29, 1.82) is 0 Å². The molecule has 4 rings (SSSR count). The van der Waals surface area contributed by atoms with E-state index in [0.717, 1.165) is 24.1 Å². The van der Waals surface area contributed by atoms with Gasteiger partial charge in [0.25, 0.3) is 5.56 Å². The third-order valence-corrected chi connectivity index (χ3v) is 5.04. The summed E-state index contributed by atoms with van der Waals surface area (Å²) >= 11 is 6.42. The minimum Gasteiger partial charge on any atom is -0.368 e. The summed E-state index contributed by atoms with van der Waals surface area (Å²) in [6.07, 6.45) is 2.86. The van der Waals surface area contributed by atoms with Gasteiger partial charge in [0.1, 0.15) is 5.02 Å². The van der Waals surface area contributed by atoms with Crippen LogP contribution >= 0.6 is 11.6 Å². The van der Waals surface area contributed by atoms with Crippen molar-refractivity contribution in [2.45, 2.75) is 20.3 Å². The molecule has 0 saturated carbocycles. The minimum atomic E-state index is -0.357. The minimum absolute atomic E-state index is 0.191. The van der Waals surface area contributed by atoms with Gasteiger partial charge in [0, 0.05) is 13.1 Å². The molecule has 130 valence electrons. The van der Waals surface area contributed by atoms with Gasteiger partial charge in [-0.2, -0.15) is 9.78 Å². The molecular weight excluding hydrogens is 338 g/mol. The molecule has 2 aromatic heterocycles. The van der Waals surface area contributed by atoms with Crippen LogP contribution in [0, 0.1) is 11.8 Å². The molecule has 0 unspecified atom stereocenters. The van der Waals surface area contributed by atoms with Crippen LogP contribution < -0.4 is 10.5 Å². The summed E-state index contributed by atoms with van der Waals surface area (Å²) in [4.78, 5) is 22.5. The van der Waals surface area contributed by atoms with Gasteiger partial charge in [-0.3, -0.25) is 4.79 Å². The summed E-state index contributed by atoms with van der Waals surface area (Å²) in [5.74, 6) is 1.51. The Labute approximate surface area is 150 Å². The first kappa shape index (κ1) is 16.1. The Kier molecular flexibility index (Phi) is 4.00. The molecule has 0 aliphatic carbocycles. The van der Waals surface area contributed by atoms with E-state index in [1.807, 2.05) is 24.3 Å². The third-order valence-electron chi connectivity index (χ3n) is 4.69. The summed E-state index contributed by atoms with van der Waals surface area (Å²) < 4.78 is 1.22. The van der Waals surface area contributed by atoms with Crippen molar-refractivity contribution in [2.24, 2.45) is 11.8 Å². The van der Waals surface area contributed by atoms with Gasteiger partial charge < -0.3 is 9.88 Å². The predicted molar refractivity (Wildman–Crippen MR) is 99.7 cm³/mol. The highest BCUT2D eigenvalue weighted by molar-refractivity contribution is 6.33. The van der Waals surface area contributed by atoms with Crippen molar-refractivity contribution in [2.75, 3.05) is 18.0 Å². The molecule has 0 bridgehead atoms. The van der Waals surface area contributed by atoms with Crippen LogP contribution in [0.1, 0.15) is 20.3 Å². The van der Waals surface area contributed by atoms with Gasteiger partial charge in [0.05, 0.1) is 22.9 Å². The maximum absolute atomic E-state index is 12.8. The Balaban J connectivity index is 1.74. The highest BCUT2D eigenvalue weighted by Gasteiger charge is 2.25. The second kappa shape index (κ2) is 6.19. The Morgan fingerprint density at radius 1 is 1.20 bits per heavy atom. The number of benzene rings is 1. The fraction of sp³-hybridized carbons (Fsp3) is 0.389. The van der Waals surface area contributed by atoms with Gasteiger partial charge in [0.2, 0.25) is 5.95 Å². The zero-order valence-corrected chi connectivity index (χ0v) is 15.0. The number of anilines is 1. The molecule has 6 nitrogen and oxygen atoms in total. The van der Waals surface area contributed by atoms with E-state index in [1.54, 1.807) is 6.20 Å². The van der Waals surface area contributed by atoms with Crippen LogP contribution in [0.15, 0.2) is 35.3 Å². The molecule has 25 heavy (non-hydrogen) atoms. The van der Waals surface area contributed by atoms with Crippen molar-refractivity contribution >= 4 is 28.3 Å². The normalized spacial score (nSPS) is 21.0. The third kappa shape index (κ3) is 2.91. The number of H-pyrrole nitrogens is 1. The fourth-order valence-corrected chi connectivity index (χ4v) is 3.94. The Bertz CT molecular complexity index is 936. The second-order valence-corrected chi connectivity index (χ2v) is 7.37. The lowest BCUT2D eigenvalue weighted by Gasteiger charge is -2.36. The Hall–Kier alpha value is -2.34. The molecule has 1 N–H and O–H groups in total. The number of hydrogen-bond donors (Lipinski definition) is 1. The van der Waals surface area contributed by atoms with E-state index in [9.17, 15) is 4.79 Å². The quantitative estimate of drug-likeness (QED) is 0.764. The van der Waals surface area contributed by atoms with Crippen LogP contribution in [0.3, 0.4) is 0 Å². The van der Waals surface area contributed by atoms with Gasteiger partial charge >= 0.3 is 0 Å². The molecule has 1 aliphatic heterocycles. The molecular formula is C18H20ClN5O. The summed E-state index contributed by atoms with van der Waals surface area (Å²) in [6.45, 7) is 6.22. The summed E-state index contributed by atoms with van der Waals surface area (Å²) in [5, 5.41) is 4.51. The SMILES string of the molecule is C[C@H]1C[C@H](C)CN(c2cnn(-c3nc4ccccc4[nH]3)c(=O)c2Cl)C1. The van der Waals surface area contributed by atoms with Crippen LogP contribution in [0.25, 0.3) is 17.0 Å². The van der Waals surface area contributed by atoms with E-state index in [-0.39, 0.29) is 10.6 Å². The van der Waals surface area contributed by atoms with Crippen molar-refractivity contribution in [3.05, 3.63) is 45.8 Å². The van der Waals surface area contributed by atoms with Gasteiger partial charge in [0.15, 0.2) is 0 Å². The number of imidazole rings is 1. The van der Waals surface area contributed by atoms with E-state index in [0.29, 0.717) is 23.5 Å². The number of aromatic amines is 1. The molecule has 1 fully saturated rings. The predicted octanol–water partition coefficient (Wildman–Crippen LogP) is 3.24. The average Bonchev–Trinajstić information content (AvgIpc) is 3.00. The Morgan fingerprint density at radius 2 is 1.92 bits per heavy atom. The largest absolute Gasteiger partial charge is 0.368 e. The van der Waals surface area contributed by atoms with E-state index in [4.69, 9.17) is 11.6 Å². The molecule has 2 atom stereocenters. The summed E-state index contributed by atoms with van der Waals surface area (Å²) in [6, 6.07) is 7.60. The molecule has 1 aromatic carbocycles. The molecule has 3 aromatic rings. The molecule has 0 spiro atoms. The highest BCUT2D eigenvalue weighted by Crippen LogP contribution is 2.29. The maximum atomic E-state index is 12.8. The molecule has 0 radical (unpaired) electrons. The first-order valence-corrected chi connectivity index (χ1v) is 8.88. The van der Waals surface area contributed by atoms with E-state index < -0.39 is 0 Å². The van der Waals surface area contributed by atoms with Crippen LogP contribution in [0.4, 0.5) is 5.69 Å². The first-order valence-electron chi connectivity index (χ1n) is 8.51. The van der Waals surface area contributed by atoms with E-state index >= 15 is 0 Å². The first-order chi connectivity index (χ1) is 12.0. The van der Waals surface area contributed by atoms with Gasteiger partial charge in [-0.05, 0) is 30.4 Å².